The van der Waals surface area contributed by atoms with Crippen LogP contribution >= 0.6 is 0 Å². The van der Waals surface area contributed by atoms with Gasteiger partial charge in [-0.2, -0.15) is 0 Å². The van der Waals surface area contributed by atoms with Crippen LogP contribution in [0, 0.1) is 27.9 Å². The summed E-state index contributed by atoms with van der Waals surface area (Å²) in [7, 11) is 0. The zero-order valence-corrected chi connectivity index (χ0v) is 39.3. The predicted octanol–water partition coefficient (Wildman–Crippen LogP) is 10.8. The summed E-state index contributed by atoms with van der Waals surface area (Å²) in [5.74, 6) is 0.516. The second-order valence-corrected chi connectivity index (χ2v) is 18.1. The number of rotatable bonds is 21. The van der Waals surface area contributed by atoms with Crippen LogP contribution in [-0.4, -0.2) is 76.9 Å². The molecular weight excluding hydrogens is 895 g/mol. The Bertz CT molecular complexity index is 2740. The van der Waals surface area contributed by atoms with Gasteiger partial charge in [0.05, 0.1) is 29.8 Å². The number of nitro groups is 1. The monoisotopic (exact) mass is 953 g/mol. The van der Waals surface area contributed by atoms with E-state index in [-0.39, 0.29) is 76.2 Å². The SMILES string of the molecule is C=CCO[C@@]12Oc3ccc(Oc4ccc5ccccc5c4)cc3[C@H]3[C@H](CCCCO)[C@@H](CCCCO)C=C(C(=NOCc4ccc([N+](=O)[O-])cc4)C[C@@H]1N(Cc1ccc4c(c1)OCO4)C(=O)OCC)[C@H]32. The van der Waals surface area contributed by atoms with Crippen LogP contribution in [0.5, 0.6) is 28.7 Å². The van der Waals surface area contributed by atoms with E-state index in [1.165, 1.54) is 12.1 Å². The average Bonchev–Trinajstić information content (AvgIpc) is 3.85. The van der Waals surface area contributed by atoms with E-state index in [0.29, 0.717) is 52.9 Å². The number of benzene rings is 5. The fraction of sp³-hybridized carbons (Fsp3) is 0.382. The van der Waals surface area contributed by atoms with Crippen LogP contribution in [0.3, 0.4) is 0 Å². The molecule has 0 bridgehead atoms. The summed E-state index contributed by atoms with van der Waals surface area (Å²) in [4.78, 5) is 33.6. The molecule has 0 radical (unpaired) electrons. The van der Waals surface area contributed by atoms with Crippen molar-refractivity contribution >= 4 is 28.3 Å². The number of aliphatic hydroxyl groups excluding tert-OH is 2. The lowest BCUT2D eigenvalue weighted by Gasteiger charge is -2.59. The average molecular weight is 954 g/mol. The zero-order chi connectivity index (χ0) is 48.6. The van der Waals surface area contributed by atoms with Gasteiger partial charge in [0.15, 0.2) is 11.5 Å². The van der Waals surface area contributed by atoms with Crippen LogP contribution in [0.4, 0.5) is 10.5 Å². The number of non-ortho nitro benzene ring substituents is 1. The first-order valence-corrected chi connectivity index (χ1v) is 24.2. The largest absolute Gasteiger partial charge is 0.459 e. The molecular formula is C55H59N3O12. The molecule has 0 spiro atoms. The van der Waals surface area contributed by atoms with Gasteiger partial charge < -0.3 is 43.5 Å². The van der Waals surface area contributed by atoms with Gasteiger partial charge >= 0.3 is 6.09 Å². The van der Waals surface area contributed by atoms with Gasteiger partial charge in [-0.05, 0) is 127 Å². The molecule has 6 atom stereocenters. The Hall–Kier alpha value is -6.94. The molecule has 4 aliphatic rings. The number of allylic oxidation sites excluding steroid dienone is 1. The number of ether oxygens (including phenoxy) is 6. The van der Waals surface area contributed by atoms with E-state index in [1.807, 2.05) is 60.7 Å². The highest BCUT2D eigenvalue weighted by Gasteiger charge is 2.65. The molecule has 9 rings (SSSR count). The maximum Gasteiger partial charge on any atom is 0.410 e. The van der Waals surface area contributed by atoms with Gasteiger partial charge in [0.2, 0.25) is 12.6 Å². The first-order chi connectivity index (χ1) is 34.2. The summed E-state index contributed by atoms with van der Waals surface area (Å²) in [6.45, 7) is 6.28. The minimum Gasteiger partial charge on any atom is -0.459 e. The highest BCUT2D eigenvalue weighted by molar-refractivity contribution is 6.03. The Kier molecular flexibility index (Phi) is 15.0. The van der Waals surface area contributed by atoms with Gasteiger partial charge in [0, 0.05) is 49.8 Å². The van der Waals surface area contributed by atoms with Crippen molar-refractivity contribution in [2.75, 3.05) is 33.2 Å². The molecule has 1 fully saturated rings. The second-order valence-electron chi connectivity index (χ2n) is 18.1. The third-order valence-electron chi connectivity index (χ3n) is 13.8. The number of hydrogen-bond acceptors (Lipinski definition) is 13. The van der Waals surface area contributed by atoms with Gasteiger partial charge in [-0.25, -0.2) is 4.79 Å². The number of amides is 1. The van der Waals surface area contributed by atoms with Crippen molar-refractivity contribution in [3.63, 3.8) is 0 Å². The summed E-state index contributed by atoms with van der Waals surface area (Å²) in [6, 6.07) is 30.8. The third kappa shape index (κ3) is 10.0. The summed E-state index contributed by atoms with van der Waals surface area (Å²) in [5, 5.41) is 38.6. The third-order valence-corrected chi connectivity index (χ3v) is 13.8. The Morgan fingerprint density at radius 3 is 2.39 bits per heavy atom. The number of carbonyl (C=O) groups excluding carboxylic acids is 1. The molecule has 5 aromatic carbocycles. The van der Waals surface area contributed by atoms with Crippen molar-refractivity contribution in [1.29, 1.82) is 0 Å². The van der Waals surface area contributed by atoms with Crippen molar-refractivity contribution < 1.29 is 53.2 Å². The number of nitro benzene ring substituents is 1. The fourth-order valence-corrected chi connectivity index (χ4v) is 10.7. The van der Waals surface area contributed by atoms with E-state index < -0.39 is 28.8 Å². The smallest absolute Gasteiger partial charge is 0.410 e. The Morgan fingerprint density at radius 2 is 1.61 bits per heavy atom. The molecule has 2 aliphatic carbocycles. The Balaban J connectivity index is 1.22. The van der Waals surface area contributed by atoms with Crippen LogP contribution in [0.2, 0.25) is 0 Å². The molecule has 2 N–H and O–H groups in total. The van der Waals surface area contributed by atoms with Crippen LogP contribution in [-0.2, 0) is 27.5 Å². The van der Waals surface area contributed by atoms with Crippen LogP contribution in [0.25, 0.3) is 10.8 Å². The summed E-state index contributed by atoms with van der Waals surface area (Å²) in [5.41, 5.74) is 3.72. The number of hydrogen-bond donors (Lipinski definition) is 2. The molecule has 366 valence electrons. The standard InChI is InChI=1S/C55H59N3O12/c1-3-27-67-55-51(57(54(61)64-4-2)33-37-17-23-49-50(28-37)66-35-65-49)32-47(56-68-34-36-15-19-41(20-16-36)58(62)63)45-30-40(13-7-9-25-59)44(14-8-10-26-60)52(53(45)55)46-31-43(22-24-48(46)70-55)69-42-21-18-38-11-5-6-12-39(38)29-42/h3,5-6,11-12,15-24,28-31,40,44,51-53,59-60H,1,4,7-10,13-14,25-27,32-35H2,2H3/t40-,44+,51-,52+,53+,55+/m0/s1. The molecule has 1 saturated carbocycles. The van der Waals surface area contributed by atoms with E-state index in [9.17, 15) is 25.1 Å². The van der Waals surface area contributed by atoms with Gasteiger partial charge in [0.1, 0.15) is 29.9 Å². The molecule has 0 aromatic heterocycles. The van der Waals surface area contributed by atoms with Gasteiger partial charge in [0.25, 0.3) is 5.69 Å². The van der Waals surface area contributed by atoms with Crippen molar-refractivity contribution in [2.45, 2.75) is 82.8 Å². The maximum absolute atomic E-state index is 14.7. The number of carbonyl (C=O) groups is 1. The fourth-order valence-electron chi connectivity index (χ4n) is 10.7. The number of unbranched alkanes of at least 4 members (excludes halogenated alkanes) is 2. The molecule has 2 heterocycles. The lowest BCUT2D eigenvalue weighted by Crippen LogP contribution is -2.70. The van der Waals surface area contributed by atoms with Crippen LogP contribution in [0.15, 0.2) is 133 Å². The van der Waals surface area contributed by atoms with Crippen molar-refractivity contribution in [1.82, 2.24) is 4.90 Å². The Morgan fingerprint density at radius 1 is 0.886 bits per heavy atom. The predicted molar refractivity (Wildman–Crippen MR) is 262 cm³/mol. The van der Waals surface area contributed by atoms with E-state index in [2.05, 4.69) is 30.9 Å². The van der Waals surface area contributed by atoms with E-state index in [4.69, 9.17) is 38.4 Å². The van der Waals surface area contributed by atoms with E-state index in [1.54, 1.807) is 30.0 Å². The van der Waals surface area contributed by atoms with E-state index >= 15 is 0 Å². The molecule has 0 unspecified atom stereocenters. The molecule has 1 amide bonds. The molecule has 15 heteroatoms. The summed E-state index contributed by atoms with van der Waals surface area (Å²) >= 11 is 0. The number of fused-ring (bicyclic) bond motifs is 4. The topological polar surface area (TPSA) is 181 Å². The highest BCUT2D eigenvalue weighted by atomic mass is 16.7. The molecule has 5 aromatic rings. The zero-order valence-electron chi connectivity index (χ0n) is 39.3. The molecule has 70 heavy (non-hydrogen) atoms. The summed E-state index contributed by atoms with van der Waals surface area (Å²) < 4.78 is 38.5. The molecule has 0 saturated heterocycles. The normalized spacial score (nSPS) is 22.3. The minimum absolute atomic E-state index is 0.0131. The molecule has 15 nitrogen and oxygen atoms in total. The van der Waals surface area contributed by atoms with Gasteiger partial charge in [-0.15, -0.1) is 6.58 Å². The lowest BCUT2D eigenvalue weighted by atomic mass is 9.55. The van der Waals surface area contributed by atoms with Gasteiger partial charge in [-0.3, -0.25) is 15.0 Å². The minimum atomic E-state index is -1.55. The summed E-state index contributed by atoms with van der Waals surface area (Å²) in [6.07, 6.45) is 7.73. The Labute approximate surface area is 407 Å². The first kappa shape index (κ1) is 48.1. The first-order valence-electron chi connectivity index (χ1n) is 24.2. The van der Waals surface area contributed by atoms with Crippen molar-refractivity contribution in [2.24, 2.45) is 22.9 Å². The van der Waals surface area contributed by atoms with Crippen LogP contribution < -0.4 is 18.9 Å². The number of oxime groups is 1. The van der Waals surface area contributed by atoms with Crippen molar-refractivity contribution in [3.05, 3.63) is 154 Å². The number of aliphatic hydroxyl groups is 2. The maximum atomic E-state index is 14.7. The van der Waals surface area contributed by atoms with Crippen molar-refractivity contribution in [3.8, 4) is 28.7 Å². The quantitative estimate of drug-likeness (QED) is 0.0308. The molecule has 2 aliphatic heterocycles. The van der Waals surface area contributed by atoms with Crippen LogP contribution in [0.1, 0.15) is 74.5 Å². The highest BCUT2D eigenvalue weighted by Crippen LogP contribution is 2.62. The van der Waals surface area contributed by atoms with Gasteiger partial charge in [-0.1, -0.05) is 66.5 Å². The lowest BCUT2D eigenvalue weighted by molar-refractivity contribution is -0.384. The number of nitrogens with zero attached hydrogens (tertiary/aromatic N) is 3. The second kappa shape index (κ2) is 21.8. The van der Waals surface area contributed by atoms with E-state index in [0.717, 1.165) is 53.2 Å².